The van der Waals surface area contributed by atoms with Crippen molar-refractivity contribution in [3.05, 3.63) is 48.0 Å². The lowest BCUT2D eigenvalue weighted by atomic mass is 9.97. The monoisotopic (exact) mass is 319 g/mol. The molecule has 5 heteroatoms. The minimum absolute atomic E-state index is 0.108. The summed E-state index contributed by atoms with van der Waals surface area (Å²) in [7, 11) is 0. The van der Waals surface area contributed by atoms with Crippen molar-refractivity contribution in [2.24, 2.45) is 0 Å². The van der Waals surface area contributed by atoms with Crippen molar-refractivity contribution in [2.75, 3.05) is 6.61 Å². The number of ether oxygens (including phenoxy) is 2. The third kappa shape index (κ3) is 4.33. The lowest BCUT2D eigenvalue weighted by Gasteiger charge is -2.26. The van der Waals surface area contributed by atoms with Gasteiger partial charge in [-0.05, 0) is 38.3 Å². The number of carbonyl (C=O) groups excluding carboxylic acids is 1. The minimum Gasteiger partial charge on any atom is -0.444 e. The molecule has 2 rings (SSSR count). The fourth-order valence-electron chi connectivity index (χ4n) is 2.71. The van der Waals surface area contributed by atoms with E-state index < -0.39 is 23.8 Å². The van der Waals surface area contributed by atoms with Gasteiger partial charge in [-0.1, -0.05) is 30.3 Å². The molecule has 1 amide bonds. The maximum absolute atomic E-state index is 12.0. The average Bonchev–Trinajstić information content (AvgIpc) is 2.82. The molecule has 0 radical (unpaired) electrons. The fraction of sp³-hybridized carbons (Fsp3) is 0.500. The zero-order valence-corrected chi connectivity index (χ0v) is 13.9. The van der Waals surface area contributed by atoms with E-state index in [-0.39, 0.29) is 12.7 Å². The van der Waals surface area contributed by atoms with Crippen LogP contribution in [0.4, 0.5) is 4.79 Å². The van der Waals surface area contributed by atoms with Crippen LogP contribution in [0.15, 0.2) is 36.9 Å². The number of alkyl carbamates (subject to hydrolysis) is 1. The Labute approximate surface area is 137 Å². The lowest BCUT2D eigenvalue weighted by Crippen LogP contribution is -2.44. The van der Waals surface area contributed by atoms with Gasteiger partial charge in [0.1, 0.15) is 11.7 Å². The number of benzene rings is 1. The number of amides is 1. The summed E-state index contributed by atoms with van der Waals surface area (Å²) in [6.07, 6.45) is 1.40. The number of carbonyl (C=O) groups is 1. The molecule has 1 unspecified atom stereocenters. The molecule has 126 valence electrons. The molecule has 1 aliphatic rings. The van der Waals surface area contributed by atoms with E-state index in [1.807, 2.05) is 24.3 Å². The van der Waals surface area contributed by atoms with Gasteiger partial charge < -0.3 is 19.9 Å². The number of hydrogen-bond acceptors (Lipinski definition) is 4. The Bertz CT molecular complexity index is 564. The molecule has 2 N–H and O–H groups in total. The first-order valence-electron chi connectivity index (χ1n) is 7.81. The summed E-state index contributed by atoms with van der Waals surface area (Å²) < 4.78 is 11.3. The van der Waals surface area contributed by atoms with E-state index in [1.165, 1.54) is 0 Å². The molecule has 0 saturated carbocycles. The maximum atomic E-state index is 12.0. The molecular formula is C18H25NO4. The topological polar surface area (TPSA) is 67.8 Å². The summed E-state index contributed by atoms with van der Waals surface area (Å²) in [6.45, 7) is 8.90. The standard InChI is InChI=1S/C18H25NO4/c1-5-8-15-12-9-6-7-10-13(12)16(22-15)14(11-20)19-17(21)23-18(2,3)4/h5-7,9-10,14-16,20H,1,8,11H2,2-4H3,(H,19,21)/t14-,15+,16?/m0/s1. The first-order chi connectivity index (χ1) is 10.9. The zero-order valence-electron chi connectivity index (χ0n) is 13.9. The lowest BCUT2D eigenvalue weighted by molar-refractivity contribution is -0.0236. The second-order valence-electron chi connectivity index (χ2n) is 6.63. The van der Waals surface area contributed by atoms with E-state index in [0.29, 0.717) is 6.42 Å². The maximum Gasteiger partial charge on any atom is 0.408 e. The van der Waals surface area contributed by atoms with Crippen molar-refractivity contribution < 1.29 is 19.4 Å². The van der Waals surface area contributed by atoms with Crippen molar-refractivity contribution in [2.45, 2.75) is 51.0 Å². The summed E-state index contributed by atoms with van der Waals surface area (Å²) in [6, 6.07) is 7.28. The predicted molar refractivity (Wildman–Crippen MR) is 88.1 cm³/mol. The van der Waals surface area contributed by atoms with Gasteiger partial charge in [-0.25, -0.2) is 4.79 Å². The van der Waals surface area contributed by atoms with Gasteiger partial charge in [0.15, 0.2) is 0 Å². The van der Waals surface area contributed by atoms with Crippen molar-refractivity contribution in [3.63, 3.8) is 0 Å². The molecule has 1 aliphatic heterocycles. The van der Waals surface area contributed by atoms with Crippen LogP contribution in [-0.2, 0) is 9.47 Å². The SMILES string of the molecule is C=CC[C@H]1OC([C@H](CO)NC(=O)OC(C)(C)C)c2ccccc21. The van der Waals surface area contributed by atoms with Gasteiger partial charge in [0.05, 0.1) is 18.8 Å². The molecule has 1 heterocycles. The van der Waals surface area contributed by atoms with Crippen molar-refractivity contribution >= 4 is 6.09 Å². The highest BCUT2D eigenvalue weighted by Crippen LogP contribution is 2.42. The Morgan fingerprint density at radius 3 is 2.65 bits per heavy atom. The van der Waals surface area contributed by atoms with Crippen LogP contribution < -0.4 is 5.32 Å². The first kappa shape index (κ1) is 17.5. The Balaban J connectivity index is 2.15. The van der Waals surface area contributed by atoms with Crippen molar-refractivity contribution in [1.29, 1.82) is 0 Å². The van der Waals surface area contributed by atoms with Crippen LogP contribution in [0.1, 0.15) is 50.5 Å². The van der Waals surface area contributed by atoms with Gasteiger partial charge in [0.25, 0.3) is 0 Å². The van der Waals surface area contributed by atoms with Crippen LogP contribution in [0.5, 0.6) is 0 Å². The Hall–Kier alpha value is -1.85. The number of rotatable bonds is 5. The van der Waals surface area contributed by atoms with Crippen LogP contribution in [0.3, 0.4) is 0 Å². The number of aliphatic hydroxyl groups excluding tert-OH is 1. The highest BCUT2D eigenvalue weighted by Gasteiger charge is 2.37. The highest BCUT2D eigenvalue weighted by atomic mass is 16.6. The normalized spacial score (nSPS) is 21.4. The summed E-state index contributed by atoms with van der Waals surface area (Å²) >= 11 is 0. The van der Waals surface area contributed by atoms with Gasteiger partial charge in [-0.2, -0.15) is 0 Å². The molecule has 1 aromatic rings. The van der Waals surface area contributed by atoms with E-state index in [2.05, 4.69) is 11.9 Å². The van der Waals surface area contributed by atoms with E-state index in [4.69, 9.17) is 9.47 Å². The molecule has 23 heavy (non-hydrogen) atoms. The quantitative estimate of drug-likeness (QED) is 0.818. The number of nitrogens with one attached hydrogen (secondary N) is 1. The summed E-state index contributed by atoms with van der Waals surface area (Å²) in [5, 5.41) is 12.4. The summed E-state index contributed by atoms with van der Waals surface area (Å²) in [5.41, 5.74) is 1.46. The summed E-state index contributed by atoms with van der Waals surface area (Å²) in [4.78, 5) is 12.0. The Morgan fingerprint density at radius 2 is 2.09 bits per heavy atom. The molecule has 3 atom stereocenters. The second-order valence-corrected chi connectivity index (χ2v) is 6.63. The molecule has 1 aromatic carbocycles. The molecule has 0 bridgehead atoms. The molecule has 5 nitrogen and oxygen atoms in total. The first-order valence-corrected chi connectivity index (χ1v) is 7.81. The van der Waals surface area contributed by atoms with Crippen LogP contribution in [0.2, 0.25) is 0 Å². The highest BCUT2D eigenvalue weighted by molar-refractivity contribution is 5.68. The van der Waals surface area contributed by atoms with Crippen LogP contribution in [0.25, 0.3) is 0 Å². The van der Waals surface area contributed by atoms with Crippen molar-refractivity contribution in [3.8, 4) is 0 Å². The van der Waals surface area contributed by atoms with E-state index >= 15 is 0 Å². The van der Waals surface area contributed by atoms with Gasteiger partial charge in [0, 0.05) is 0 Å². The molecule has 0 aromatic heterocycles. The molecule has 0 saturated heterocycles. The van der Waals surface area contributed by atoms with Crippen molar-refractivity contribution in [1.82, 2.24) is 5.32 Å². The summed E-state index contributed by atoms with van der Waals surface area (Å²) in [5.74, 6) is 0. The number of hydrogen-bond donors (Lipinski definition) is 2. The molecule has 0 aliphatic carbocycles. The Morgan fingerprint density at radius 1 is 1.43 bits per heavy atom. The third-order valence-corrected chi connectivity index (χ3v) is 3.61. The number of aliphatic hydroxyl groups is 1. The Kier molecular flexibility index (Phi) is 5.44. The predicted octanol–water partition coefficient (Wildman–Crippen LogP) is 3.26. The van der Waals surface area contributed by atoms with Crippen LogP contribution in [-0.4, -0.2) is 29.4 Å². The minimum atomic E-state index is -0.593. The molecule has 0 fully saturated rings. The van der Waals surface area contributed by atoms with Gasteiger partial charge in [-0.15, -0.1) is 6.58 Å². The van der Waals surface area contributed by atoms with Gasteiger partial charge in [0.2, 0.25) is 0 Å². The van der Waals surface area contributed by atoms with E-state index in [1.54, 1.807) is 26.8 Å². The van der Waals surface area contributed by atoms with Gasteiger partial charge in [-0.3, -0.25) is 0 Å². The second kappa shape index (κ2) is 7.15. The van der Waals surface area contributed by atoms with Crippen LogP contribution >= 0.6 is 0 Å². The largest absolute Gasteiger partial charge is 0.444 e. The smallest absolute Gasteiger partial charge is 0.408 e. The van der Waals surface area contributed by atoms with Crippen LogP contribution in [0, 0.1) is 0 Å². The van der Waals surface area contributed by atoms with E-state index in [9.17, 15) is 9.90 Å². The average molecular weight is 319 g/mol. The molecular weight excluding hydrogens is 294 g/mol. The number of fused-ring (bicyclic) bond motifs is 1. The van der Waals surface area contributed by atoms with E-state index in [0.717, 1.165) is 11.1 Å². The van der Waals surface area contributed by atoms with Gasteiger partial charge >= 0.3 is 6.09 Å². The third-order valence-electron chi connectivity index (χ3n) is 3.61. The fourth-order valence-corrected chi connectivity index (χ4v) is 2.71. The molecule has 0 spiro atoms. The zero-order chi connectivity index (χ0) is 17.0.